The number of benzene rings is 10. The molecule has 0 fully saturated rings. The maximum Gasteiger partial charge on any atom is 0.164 e. The van der Waals surface area contributed by atoms with Gasteiger partial charge in [0.25, 0.3) is 0 Å². The second kappa shape index (κ2) is 16.2. The van der Waals surface area contributed by atoms with Crippen molar-refractivity contribution in [3.05, 3.63) is 270 Å². The average molecular weight is 877 g/mol. The molecule has 0 unspecified atom stereocenters. The van der Waals surface area contributed by atoms with Crippen molar-refractivity contribution in [2.45, 2.75) is 5.41 Å². The molecule has 0 saturated carbocycles. The molecule has 0 atom stereocenters. The summed E-state index contributed by atoms with van der Waals surface area (Å²) in [6.45, 7) is 0. The summed E-state index contributed by atoms with van der Waals surface area (Å²) < 4.78 is 0. The van der Waals surface area contributed by atoms with Crippen LogP contribution in [0.25, 0.3) is 101 Å². The molecule has 13 rings (SSSR count). The van der Waals surface area contributed by atoms with Gasteiger partial charge in [-0.1, -0.05) is 200 Å². The van der Waals surface area contributed by atoms with Crippen molar-refractivity contribution in [3.8, 4) is 107 Å². The Balaban J connectivity index is 0.882. The second-order valence-corrected chi connectivity index (χ2v) is 17.8. The van der Waals surface area contributed by atoms with E-state index in [2.05, 4.69) is 200 Å². The molecular formula is C65H40N4. The van der Waals surface area contributed by atoms with E-state index in [1.807, 2.05) is 48.5 Å². The lowest BCUT2D eigenvalue weighted by Gasteiger charge is -2.30. The van der Waals surface area contributed by atoms with E-state index in [-0.39, 0.29) is 0 Å². The van der Waals surface area contributed by atoms with E-state index in [0.717, 1.165) is 72.3 Å². The second-order valence-electron chi connectivity index (χ2n) is 17.8. The number of aromatic nitrogens is 3. The van der Waals surface area contributed by atoms with E-state index in [1.165, 1.54) is 33.4 Å². The Bertz CT molecular complexity index is 3730. The Morgan fingerprint density at radius 2 is 0.638 bits per heavy atom. The predicted octanol–water partition coefficient (Wildman–Crippen LogP) is 15.8. The molecule has 0 aliphatic heterocycles. The molecule has 320 valence electrons. The number of nitriles is 1. The van der Waals surface area contributed by atoms with Crippen LogP contribution in [0.1, 0.15) is 27.8 Å². The molecule has 0 saturated heterocycles. The van der Waals surface area contributed by atoms with Crippen molar-refractivity contribution in [1.29, 1.82) is 5.26 Å². The van der Waals surface area contributed by atoms with Gasteiger partial charge in [0.05, 0.1) is 17.0 Å². The fraction of sp³-hybridized carbons (Fsp3) is 0.0154. The third-order valence-corrected chi connectivity index (χ3v) is 14.0. The normalized spacial score (nSPS) is 12.4. The van der Waals surface area contributed by atoms with E-state index >= 15 is 0 Å². The van der Waals surface area contributed by atoms with Crippen LogP contribution in [-0.4, -0.2) is 15.0 Å². The van der Waals surface area contributed by atoms with Gasteiger partial charge < -0.3 is 0 Å². The molecule has 4 heteroatoms. The zero-order valence-electron chi connectivity index (χ0n) is 37.4. The van der Waals surface area contributed by atoms with E-state index in [1.54, 1.807) is 0 Å². The molecule has 1 spiro atoms. The van der Waals surface area contributed by atoms with E-state index < -0.39 is 5.41 Å². The molecule has 2 aliphatic carbocycles. The first kappa shape index (κ1) is 40.0. The quantitative estimate of drug-likeness (QED) is 0.160. The van der Waals surface area contributed by atoms with Crippen LogP contribution >= 0.6 is 0 Å². The van der Waals surface area contributed by atoms with Crippen LogP contribution < -0.4 is 0 Å². The fourth-order valence-corrected chi connectivity index (χ4v) is 10.8. The average Bonchev–Trinajstić information content (AvgIpc) is 3.90. The zero-order chi connectivity index (χ0) is 45.9. The lowest BCUT2D eigenvalue weighted by Crippen LogP contribution is -2.25. The van der Waals surface area contributed by atoms with Crippen molar-refractivity contribution in [3.63, 3.8) is 0 Å². The van der Waals surface area contributed by atoms with Crippen LogP contribution in [0, 0.1) is 11.3 Å². The largest absolute Gasteiger partial charge is 0.208 e. The number of hydrogen-bond donors (Lipinski definition) is 0. The SMILES string of the molecule is N#Cc1ccc2c(c1)-c1cc(-c3ccc(-c4cccc(-c5nc(-c6ccccc6)nc(-c6cc(-c7ccccc7)cc(-c7ccccc7)c6)n5)c4)cc3)ccc1C21c2ccccc2-c2ccccc21. The predicted molar refractivity (Wildman–Crippen MR) is 279 cm³/mol. The van der Waals surface area contributed by atoms with E-state index in [0.29, 0.717) is 23.0 Å². The van der Waals surface area contributed by atoms with Crippen LogP contribution in [0.2, 0.25) is 0 Å². The number of nitrogens with zero attached hydrogens (tertiary/aromatic N) is 4. The monoisotopic (exact) mass is 876 g/mol. The van der Waals surface area contributed by atoms with Crippen LogP contribution in [0.3, 0.4) is 0 Å². The molecule has 0 N–H and O–H groups in total. The lowest BCUT2D eigenvalue weighted by molar-refractivity contribution is 0.794. The summed E-state index contributed by atoms with van der Waals surface area (Å²) >= 11 is 0. The Morgan fingerprint density at radius 1 is 0.261 bits per heavy atom. The number of hydrogen-bond acceptors (Lipinski definition) is 4. The van der Waals surface area contributed by atoms with E-state index in [9.17, 15) is 5.26 Å². The molecule has 2 aliphatic rings. The molecule has 10 aromatic carbocycles. The lowest BCUT2D eigenvalue weighted by atomic mass is 9.70. The minimum atomic E-state index is -0.461. The summed E-state index contributed by atoms with van der Waals surface area (Å²) in [6.07, 6.45) is 0. The van der Waals surface area contributed by atoms with Gasteiger partial charge in [0.15, 0.2) is 17.5 Å². The van der Waals surface area contributed by atoms with Crippen molar-refractivity contribution < 1.29 is 0 Å². The molecule has 1 aromatic heterocycles. The smallest absolute Gasteiger partial charge is 0.164 e. The first-order chi connectivity index (χ1) is 34.1. The van der Waals surface area contributed by atoms with Crippen molar-refractivity contribution >= 4 is 0 Å². The highest BCUT2D eigenvalue weighted by Crippen LogP contribution is 2.63. The van der Waals surface area contributed by atoms with Gasteiger partial charge in [0, 0.05) is 16.7 Å². The molecule has 0 radical (unpaired) electrons. The van der Waals surface area contributed by atoms with Gasteiger partial charge in [-0.3, -0.25) is 0 Å². The maximum absolute atomic E-state index is 10.1. The Kier molecular flexibility index (Phi) is 9.42. The number of fused-ring (bicyclic) bond motifs is 10. The Morgan fingerprint density at radius 3 is 1.22 bits per heavy atom. The van der Waals surface area contributed by atoms with Gasteiger partial charge in [-0.2, -0.15) is 5.26 Å². The van der Waals surface area contributed by atoms with E-state index in [4.69, 9.17) is 15.0 Å². The van der Waals surface area contributed by atoms with Gasteiger partial charge in [-0.05, 0) is 131 Å². The summed E-state index contributed by atoms with van der Waals surface area (Å²) in [6, 6.07) is 88.1. The van der Waals surface area contributed by atoms with Crippen LogP contribution in [-0.2, 0) is 5.41 Å². The molecular weight excluding hydrogens is 837 g/mol. The van der Waals surface area contributed by atoms with Gasteiger partial charge in [-0.25, -0.2) is 15.0 Å². The molecule has 11 aromatic rings. The summed E-state index contributed by atoms with van der Waals surface area (Å²) in [5, 5.41) is 10.1. The van der Waals surface area contributed by atoms with Gasteiger partial charge in [-0.15, -0.1) is 0 Å². The van der Waals surface area contributed by atoms with Crippen LogP contribution in [0.4, 0.5) is 0 Å². The van der Waals surface area contributed by atoms with Crippen molar-refractivity contribution in [2.24, 2.45) is 0 Å². The van der Waals surface area contributed by atoms with Crippen molar-refractivity contribution in [1.82, 2.24) is 15.0 Å². The molecule has 1 heterocycles. The molecule has 4 nitrogen and oxygen atoms in total. The highest BCUT2D eigenvalue weighted by Gasteiger charge is 2.51. The highest BCUT2D eigenvalue weighted by atomic mass is 15.0. The molecule has 0 bridgehead atoms. The first-order valence-electron chi connectivity index (χ1n) is 23.3. The molecule has 0 amide bonds. The zero-order valence-corrected chi connectivity index (χ0v) is 37.4. The molecule has 69 heavy (non-hydrogen) atoms. The van der Waals surface area contributed by atoms with Gasteiger partial charge in [0.2, 0.25) is 0 Å². The minimum absolute atomic E-state index is 0.461. The van der Waals surface area contributed by atoms with Gasteiger partial charge >= 0.3 is 0 Å². The standard InChI is InChI=1S/C65H40N4/c66-41-42-27-33-60-56(35-42)57-40-49(32-34-61(57)65(60)58-25-12-10-23-54(58)55-24-11-13-26-59(55)65)46-30-28-45(29-31-46)48-21-14-22-50(36-48)63-67-62(47-19-8-3-9-20-47)68-64(69-63)53-38-51(43-15-4-1-5-16-43)37-52(39-53)44-17-6-2-7-18-44/h1-40H. The third kappa shape index (κ3) is 6.63. The summed E-state index contributed by atoms with van der Waals surface area (Å²) in [7, 11) is 0. The third-order valence-electron chi connectivity index (χ3n) is 14.0. The summed E-state index contributed by atoms with van der Waals surface area (Å²) in [5.74, 6) is 1.83. The summed E-state index contributed by atoms with van der Waals surface area (Å²) in [5.41, 5.74) is 21.6. The van der Waals surface area contributed by atoms with Crippen LogP contribution in [0.5, 0.6) is 0 Å². The fourth-order valence-electron chi connectivity index (χ4n) is 10.8. The highest BCUT2D eigenvalue weighted by molar-refractivity contribution is 5.96. The minimum Gasteiger partial charge on any atom is -0.208 e. The maximum atomic E-state index is 10.1. The first-order valence-corrected chi connectivity index (χ1v) is 23.3. The number of rotatable bonds is 7. The topological polar surface area (TPSA) is 62.5 Å². The summed E-state index contributed by atoms with van der Waals surface area (Å²) in [4.78, 5) is 15.5. The van der Waals surface area contributed by atoms with Crippen LogP contribution in [0.15, 0.2) is 243 Å². The van der Waals surface area contributed by atoms with Crippen molar-refractivity contribution in [2.75, 3.05) is 0 Å². The Hall–Kier alpha value is -9.30. The van der Waals surface area contributed by atoms with Gasteiger partial charge in [0.1, 0.15) is 0 Å². The Labute approximate surface area is 401 Å².